The molecule has 1 aromatic rings. The molecule has 1 rings (SSSR count). The molecule has 0 fully saturated rings. The van der Waals surface area contributed by atoms with E-state index < -0.39 is 11.9 Å². The molecule has 1 aromatic carbocycles. The van der Waals surface area contributed by atoms with Gasteiger partial charge in [0.15, 0.2) is 0 Å². The summed E-state index contributed by atoms with van der Waals surface area (Å²) in [5.74, 6) is -1.30. The molecule has 0 radical (unpaired) electrons. The highest BCUT2D eigenvalue weighted by atomic mass is 16.4. The van der Waals surface area contributed by atoms with Crippen LogP contribution in [0.1, 0.15) is 144 Å². The van der Waals surface area contributed by atoms with Gasteiger partial charge in [0.25, 0.3) is 0 Å². The van der Waals surface area contributed by atoms with E-state index in [0.29, 0.717) is 19.3 Å². The number of hydrogen-bond acceptors (Lipinski definition) is 2. The van der Waals surface area contributed by atoms with Crippen LogP contribution >= 0.6 is 0 Å². The quantitative estimate of drug-likeness (QED) is 0.148. The van der Waals surface area contributed by atoms with Crippen molar-refractivity contribution in [3.63, 3.8) is 0 Å². The van der Waals surface area contributed by atoms with E-state index in [-0.39, 0.29) is 0 Å². The number of benzene rings is 1. The van der Waals surface area contributed by atoms with Crippen molar-refractivity contribution in [3.8, 4) is 0 Å². The Labute approximate surface area is 203 Å². The van der Waals surface area contributed by atoms with E-state index in [9.17, 15) is 14.7 Å². The van der Waals surface area contributed by atoms with Gasteiger partial charge in [0.2, 0.25) is 0 Å². The summed E-state index contributed by atoms with van der Waals surface area (Å²) >= 11 is 0. The number of rotatable bonds is 21. The second-order valence-corrected chi connectivity index (χ2v) is 9.97. The molecule has 3 nitrogen and oxygen atoms in total. The first-order valence-corrected chi connectivity index (χ1v) is 13.8. The molecule has 0 aliphatic heterocycles. The molecule has 0 saturated heterocycles. The number of aldehydes is 1. The lowest BCUT2D eigenvalue weighted by atomic mass is 9.87. The predicted octanol–water partition coefficient (Wildman–Crippen LogP) is 8.86. The summed E-state index contributed by atoms with van der Waals surface area (Å²) in [6.45, 7) is 6.41. The molecular weight excluding hydrogens is 408 g/mol. The highest BCUT2D eigenvalue weighted by Crippen LogP contribution is 2.29. The van der Waals surface area contributed by atoms with Crippen molar-refractivity contribution in [2.75, 3.05) is 0 Å². The fourth-order valence-electron chi connectivity index (χ4n) is 4.87. The van der Waals surface area contributed by atoms with Gasteiger partial charge in [-0.15, -0.1) is 0 Å². The van der Waals surface area contributed by atoms with E-state index >= 15 is 0 Å². The first-order valence-electron chi connectivity index (χ1n) is 13.8. The first kappa shape index (κ1) is 29.4. The topological polar surface area (TPSA) is 54.4 Å². The third-order valence-electron chi connectivity index (χ3n) is 7.01. The molecule has 3 heteroatoms. The SMILES string of the molecule is CCCCCCCCCCCCCCCCc1cc(C)c(C(CCCC=O)C(=O)O)cc1C. The van der Waals surface area contributed by atoms with Crippen LogP contribution in [0, 0.1) is 13.8 Å². The molecule has 0 spiro atoms. The zero-order valence-corrected chi connectivity index (χ0v) is 21.8. The van der Waals surface area contributed by atoms with Crippen LogP contribution in [0.5, 0.6) is 0 Å². The van der Waals surface area contributed by atoms with Crippen molar-refractivity contribution in [2.45, 2.75) is 142 Å². The molecule has 0 aliphatic carbocycles. The van der Waals surface area contributed by atoms with Crippen molar-refractivity contribution < 1.29 is 14.7 Å². The van der Waals surface area contributed by atoms with Crippen LogP contribution in [0.3, 0.4) is 0 Å². The zero-order chi connectivity index (χ0) is 24.3. The Morgan fingerprint density at radius 2 is 1.30 bits per heavy atom. The van der Waals surface area contributed by atoms with Gasteiger partial charge in [-0.2, -0.15) is 0 Å². The molecule has 188 valence electrons. The van der Waals surface area contributed by atoms with Gasteiger partial charge < -0.3 is 9.90 Å². The molecule has 0 bridgehead atoms. The Hall–Kier alpha value is -1.64. The molecule has 0 saturated carbocycles. The molecule has 0 heterocycles. The summed E-state index contributed by atoms with van der Waals surface area (Å²) < 4.78 is 0. The van der Waals surface area contributed by atoms with Crippen molar-refractivity contribution in [1.29, 1.82) is 0 Å². The van der Waals surface area contributed by atoms with Gasteiger partial charge in [0, 0.05) is 6.42 Å². The number of carboxylic acid groups (broad SMARTS) is 1. The molecular formula is C30H50O3. The zero-order valence-electron chi connectivity index (χ0n) is 21.8. The summed E-state index contributed by atoms with van der Waals surface area (Å²) in [5.41, 5.74) is 4.54. The largest absolute Gasteiger partial charge is 0.481 e. The lowest BCUT2D eigenvalue weighted by Crippen LogP contribution is -2.14. The lowest BCUT2D eigenvalue weighted by molar-refractivity contribution is -0.139. The highest BCUT2D eigenvalue weighted by Gasteiger charge is 2.22. The summed E-state index contributed by atoms with van der Waals surface area (Å²) in [7, 11) is 0. The second-order valence-electron chi connectivity index (χ2n) is 9.97. The van der Waals surface area contributed by atoms with Crippen LogP contribution in [-0.2, 0) is 16.0 Å². The van der Waals surface area contributed by atoms with E-state index in [1.54, 1.807) is 0 Å². The maximum Gasteiger partial charge on any atom is 0.310 e. The Morgan fingerprint density at radius 1 is 0.788 bits per heavy atom. The first-order chi connectivity index (χ1) is 16.0. The number of aliphatic carboxylic acids is 1. The van der Waals surface area contributed by atoms with Crippen molar-refractivity contribution in [1.82, 2.24) is 0 Å². The van der Waals surface area contributed by atoms with E-state index in [1.807, 2.05) is 6.92 Å². The molecule has 0 aromatic heterocycles. The average molecular weight is 459 g/mol. The Bertz CT molecular complexity index is 665. The van der Waals surface area contributed by atoms with E-state index in [0.717, 1.165) is 23.8 Å². The number of carbonyl (C=O) groups excluding carboxylic acids is 1. The monoisotopic (exact) mass is 458 g/mol. The Balaban J connectivity index is 2.24. The fourth-order valence-corrected chi connectivity index (χ4v) is 4.87. The number of carbonyl (C=O) groups is 2. The lowest BCUT2D eigenvalue weighted by Gasteiger charge is -2.18. The highest BCUT2D eigenvalue weighted by molar-refractivity contribution is 5.77. The van der Waals surface area contributed by atoms with Crippen LogP contribution in [0.15, 0.2) is 12.1 Å². The van der Waals surface area contributed by atoms with Crippen molar-refractivity contribution in [2.24, 2.45) is 0 Å². The minimum absolute atomic E-state index is 0.430. The summed E-state index contributed by atoms with van der Waals surface area (Å²) in [6, 6.07) is 4.27. The molecule has 0 aliphatic rings. The fraction of sp³-hybridized carbons (Fsp3) is 0.733. The van der Waals surface area contributed by atoms with Gasteiger partial charge in [-0.25, -0.2) is 0 Å². The summed E-state index contributed by atoms with van der Waals surface area (Å²) in [4.78, 5) is 22.4. The van der Waals surface area contributed by atoms with Crippen molar-refractivity contribution >= 4 is 12.3 Å². The standard InChI is InChI=1S/C30H50O3/c1-4-5-6-7-8-9-10-11-12-13-14-15-16-17-20-27-23-26(3)29(24-25(27)2)28(30(32)33)21-18-19-22-31/h22-24,28H,4-21H2,1-3H3,(H,32,33). The Kier molecular flexibility index (Phi) is 16.7. The van der Waals surface area contributed by atoms with E-state index in [2.05, 4.69) is 26.0 Å². The van der Waals surface area contributed by atoms with Gasteiger partial charge in [0.05, 0.1) is 5.92 Å². The van der Waals surface area contributed by atoms with Gasteiger partial charge in [-0.1, -0.05) is 103 Å². The maximum atomic E-state index is 11.8. The number of unbranched alkanes of at least 4 members (excludes halogenated alkanes) is 14. The normalized spacial score (nSPS) is 12.1. The minimum Gasteiger partial charge on any atom is -0.481 e. The van der Waals surface area contributed by atoms with Crippen LogP contribution in [-0.4, -0.2) is 17.4 Å². The van der Waals surface area contributed by atoms with E-state index in [1.165, 1.54) is 101 Å². The van der Waals surface area contributed by atoms with Crippen LogP contribution in [0.4, 0.5) is 0 Å². The molecule has 33 heavy (non-hydrogen) atoms. The third kappa shape index (κ3) is 13.0. The number of hydrogen-bond donors (Lipinski definition) is 1. The van der Waals surface area contributed by atoms with Crippen LogP contribution < -0.4 is 0 Å². The molecule has 1 atom stereocenters. The summed E-state index contributed by atoms with van der Waals surface area (Å²) in [6.07, 6.45) is 22.7. The summed E-state index contributed by atoms with van der Waals surface area (Å²) in [5, 5.41) is 9.67. The average Bonchev–Trinajstić information content (AvgIpc) is 2.79. The van der Waals surface area contributed by atoms with Gasteiger partial charge in [0.1, 0.15) is 6.29 Å². The van der Waals surface area contributed by atoms with E-state index in [4.69, 9.17) is 0 Å². The third-order valence-corrected chi connectivity index (χ3v) is 7.01. The molecule has 1 N–H and O–H groups in total. The molecule has 0 amide bonds. The van der Waals surface area contributed by atoms with Crippen LogP contribution in [0.25, 0.3) is 0 Å². The second kappa shape index (κ2) is 18.7. The minimum atomic E-state index is -0.789. The smallest absolute Gasteiger partial charge is 0.310 e. The van der Waals surface area contributed by atoms with Gasteiger partial charge >= 0.3 is 5.97 Å². The number of carboxylic acids is 1. The maximum absolute atomic E-state index is 11.8. The number of aryl methyl sites for hydroxylation is 3. The van der Waals surface area contributed by atoms with Crippen LogP contribution in [0.2, 0.25) is 0 Å². The predicted molar refractivity (Wildman–Crippen MR) is 140 cm³/mol. The Morgan fingerprint density at radius 3 is 1.79 bits per heavy atom. The van der Waals surface area contributed by atoms with Crippen molar-refractivity contribution in [3.05, 3.63) is 34.4 Å². The molecule has 1 unspecified atom stereocenters. The van der Waals surface area contributed by atoms with Gasteiger partial charge in [-0.05, 0) is 61.8 Å². The van der Waals surface area contributed by atoms with Gasteiger partial charge in [-0.3, -0.25) is 4.79 Å².